The summed E-state index contributed by atoms with van der Waals surface area (Å²) >= 11 is 0. The van der Waals surface area contributed by atoms with Gasteiger partial charge < -0.3 is 10.1 Å². The lowest BCUT2D eigenvalue weighted by atomic mass is 9.91. The van der Waals surface area contributed by atoms with E-state index in [0.717, 1.165) is 19.1 Å². The van der Waals surface area contributed by atoms with Crippen molar-refractivity contribution in [3.63, 3.8) is 0 Å². The van der Waals surface area contributed by atoms with Crippen molar-refractivity contribution >= 4 is 0 Å². The number of rotatable bonds is 5. The molecule has 0 radical (unpaired) electrons. The summed E-state index contributed by atoms with van der Waals surface area (Å²) in [6.07, 6.45) is 2.38. The normalized spacial score (nSPS) is 20.1. The highest BCUT2D eigenvalue weighted by molar-refractivity contribution is 5.26. The van der Waals surface area contributed by atoms with Gasteiger partial charge in [-0.05, 0) is 49.7 Å². The van der Waals surface area contributed by atoms with Crippen LogP contribution in [0.1, 0.15) is 63.6 Å². The maximum absolute atomic E-state index is 5.45. The Labute approximate surface area is 123 Å². The van der Waals surface area contributed by atoms with Crippen LogP contribution in [-0.2, 0) is 4.74 Å². The third-order valence-electron chi connectivity index (χ3n) is 4.59. The minimum absolute atomic E-state index is 0.411. The second-order valence-corrected chi connectivity index (χ2v) is 6.45. The Kier molecular flexibility index (Phi) is 5.62. The fourth-order valence-electron chi connectivity index (χ4n) is 3.01. The maximum Gasteiger partial charge on any atom is 0.0469 e. The minimum Gasteiger partial charge on any atom is -0.381 e. The SMILES string of the molecule is CC(C)c1ccc(C(C)NC(C)C2CCOCC2)cc1. The molecule has 0 amide bonds. The molecular formula is C18H29NO. The minimum atomic E-state index is 0.411. The molecule has 0 aliphatic carbocycles. The molecule has 1 aliphatic heterocycles. The van der Waals surface area contributed by atoms with Crippen molar-refractivity contribution in [1.29, 1.82) is 0 Å². The second kappa shape index (κ2) is 7.24. The molecule has 1 aromatic carbocycles. The van der Waals surface area contributed by atoms with Crippen LogP contribution in [0.3, 0.4) is 0 Å². The van der Waals surface area contributed by atoms with E-state index in [9.17, 15) is 0 Å². The fraction of sp³-hybridized carbons (Fsp3) is 0.667. The van der Waals surface area contributed by atoms with Gasteiger partial charge in [0.15, 0.2) is 0 Å². The standard InChI is InChI=1S/C18H29NO/c1-13(2)16-5-7-17(8-6-16)14(3)19-15(4)18-9-11-20-12-10-18/h5-8,13-15,18-19H,9-12H2,1-4H3. The van der Waals surface area contributed by atoms with Crippen LogP contribution >= 0.6 is 0 Å². The summed E-state index contributed by atoms with van der Waals surface area (Å²) in [4.78, 5) is 0. The average molecular weight is 275 g/mol. The third kappa shape index (κ3) is 4.07. The van der Waals surface area contributed by atoms with Crippen LogP contribution in [0.4, 0.5) is 0 Å². The van der Waals surface area contributed by atoms with Gasteiger partial charge in [0.05, 0.1) is 0 Å². The molecule has 0 bridgehead atoms. The highest BCUT2D eigenvalue weighted by atomic mass is 16.5. The van der Waals surface area contributed by atoms with Gasteiger partial charge in [-0.2, -0.15) is 0 Å². The van der Waals surface area contributed by atoms with Crippen LogP contribution in [0.2, 0.25) is 0 Å². The van der Waals surface area contributed by atoms with Gasteiger partial charge in [0.25, 0.3) is 0 Å². The van der Waals surface area contributed by atoms with E-state index in [1.54, 1.807) is 0 Å². The molecule has 1 heterocycles. The van der Waals surface area contributed by atoms with Gasteiger partial charge in [-0.15, -0.1) is 0 Å². The van der Waals surface area contributed by atoms with Crippen LogP contribution in [-0.4, -0.2) is 19.3 Å². The van der Waals surface area contributed by atoms with Crippen molar-refractivity contribution in [2.45, 2.75) is 58.5 Å². The first-order valence-corrected chi connectivity index (χ1v) is 8.01. The van der Waals surface area contributed by atoms with Crippen molar-refractivity contribution in [2.75, 3.05) is 13.2 Å². The largest absolute Gasteiger partial charge is 0.381 e. The Balaban J connectivity index is 1.91. The zero-order valence-electron chi connectivity index (χ0n) is 13.4. The Morgan fingerprint density at radius 1 is 0.950 bits per heavy atom. The first kappa shape index (κ1) is 15.5. The van der Waals surface area contributed by atoms with Gasteiger partial charge in [0.2, 0.25) is 0 Å². The summed E-state index contributed by atoms with van der Waals surface area (Å²) < 4.78 is 5.45. The summed E-state index contributed by atoms with van der Waals surface area (Å²) in [7, 11) is 0. The van der Waals surface area contributed by atoms with E-state index < -0.39 is 0 Å². The highest BCUT2D eigenvalue weighted by Crippen LogP contribution is 2.23. The van der Waals surface area contributed by atoms with Crippen LogP contribution in [0.5, 0.6) is 0 Å². The Morgan fingerprint density at radius 3 is 2.05 bits per heavy atom. The van der Waals surface area contributed by atoms with E-state index in [-0.39, 0.29) is 0 Å². The molecule has 2 nitrogen and oxygen atoms in total. The van der Waals surface area contributed by atoms with E-state index >= 15 is 0 Å². The molecular weight excluding hydrogens is 246 g/mol. The monoisotopic (exact) mass is 275 g/mol. The smallest absolute Gasteiger partial charge is 0.0469 e. The summed E-state index contributed by atoms with van der Waals surface area (Å²) in [5.41, 5.74) is 2.80. The Morgan fingerprint density at radius 2 is 1.50 bits per heavy atom. The van der Waals surface area contributed by atoms with Crippen LogP contribution in [0.25, 0.3) is 0 Å². The molecule has 1 fully saturated rings. The number of hydrogen-bond acceptors (Lipinski definition) is 2. The van der Waals surface area contributed by atoms with Crippen molar-refractivity contribution in [1.82, 2.24) is 5.32 Å². The summed E-state index contributed by atoms with van der Waals surface area (Å²) in [5.74, 6) is 1.36. The molecule has 2 heteroatoms. The number of benzene rings is 1. The maximum atomic E-state index is 5.45. The molecule has 0 saturated carbocycles. The van der Waals surface area contributed by atoms with Gasteiger partial charge in [-0.3, -0.25) is 0 Å². The first-order valence-electron chi connectivity index (χ1n) is 8.01. The molecule has 2 unspecified atom stereocenters. The summed E-state index contributed by atoms with van der Waals surface area (Å²) in [5, 5.41) is 3.76. The lowest BCUT2D eigenvalue weighted by Crippen LogP contribution is -2.38. The predicted molar refractivity (Wildman–Crippen MR) is 85.1 cm³/mol. The fourth-order valence-corrected chi connectivity index (χ4v) is 3.01. The lowest BCUT2D eigenvalue weighted by molar-refractivity contribution is 0.0547. The quantitative estimate of drug-likeness (QED) is 0.866. The van der Waals surface area contributed by atoms with E-state index in [2.05, 4.69) is 57.3 Å². The van der Waals surface area contributed by atoms with Gasteiger partial charge >= 0.3 is 0 Å². The molecule has 0 spiro atoms. The van der Waals surface area contributed by atoms with Crippen LogP contribution in [0, 0.1) is 5.92 Å². The van der Waals surface area contributed by atoms with E-state index in [1.165, 1.54) is 24.0 Å². The average Bonchev–Trinajstić information content (AvgIpc) is 2.48. The van der Waals surface area contributed by atoms with E-state index in [0.29, 0.717) is 18.0 Å². The molecule has 1 aromatic rings. The zero-order valence-corrected chi connectivity index (χ0v) is 13.4. The molecule has 0 aromatic heterocycles. The topological polar surface area (TPSA) is 21.3 Å². The lowest BCUT2D eigenvalue weighted by Gasteiger charge is -2.31. The summed E-state index contributed by atoms with van der Waals surface area (Å²) in [6, 6.07) is 10.0. The molecule has 2 rings (SSSR count). The van der Waals surface area contributed by atoms with Crippen molar-refractivity contribution in [2.24, 2.45) is 5.92 Å². The molecule has 2 atom stereocenters. The number of ether oxygens (including phenoxy) is 1. The van der Waals surface area contributed by atoms with Crippen molar-refractivity contribution in [3.8, 4) is 0 Å². The summed E-state index contributed by atoms with van der Waals surface area (Å²) in [6.45, 7) is 10.9. The number of hydrogen-bond donors (Lipinski definition) is 1. The van der Waals surface area contributed by atoms with Gasteiger partial charge in [0, 0.05) is 25.3 Å². The Hall–Kier alpha value is -0.860. The van der Waals surface area contributed by atoms with Crippen LogP contribution < -0.4 is 5.32 Å². The zero-order chi connectivity index (χ0) is 14.5. The third-order valence-corrected chi connectivity index (χ3v) is 4.59. The highest BCUT2D eigenvalue weighted by Gasteiger charge is 2.21. The van der Waals surface area contributed by atoms with E-state index in [1.807, 2.05) is 0 Å². The first-order chi connectivity index (χ1) is 9.58. The molecule has 112 valence electrons. The van der Waals surface area contributed by atoms with Gasteiger partial charge in [0.1, 0.15) is 0 Å². The molecule has 1 saturated heterocycles. The van der Waals surface area contributed by atoms with Crippen LogP contribution in [0.15, 0.2) is 24.3 Å². The molecule has 20 heavy (non-hydrogen) atoms. The Bertz CT molecular complexity index is 392. The predicted octanol–water partition coefficient (Wildman–Crippen LogP) is 4.28. The molecule has 1 aliphatic rings. The molecule has 1 N–H and O–H groups in total. The second-order valence-electron chi connectivity index (χ2n) is 6.45. The van der Waals surface area contributed by atoms with Crippen molar-refractivity contribution in [3.05, 3.63) is 35.4 Å². The van der Waals surface area contributed by atoms with Crippen molar-refractivity contribution < 1.29 is 4.74 Å². The number of nitrogens with one attached hydrogen (secondary N) is 1. The van der Waals surface area contributed by atoms with E-state index in [4.69, 9.17) is 4.74 Å². The van der Waals surface area contributed by atoms with Gasteiger partial charge in [-0.25, -0.2) is 0 Å². The van der Waals surface area contributed by atoms with Gasteiger partial charge in [-0.1, -0.05) is 38.1 Å².